The van der Waals surface area contributed by atoms with E-state index in [1.807, 2.05) is 0 Å². The van der Waals surface area contributed by atoms with Crippen LogP contribution in [-0.4, -0.2) is 58.3 Å². The van der Waals surface area contributed by atoms with Crippen LogP contribution >= 0.6 is 15.2 Å². The molecular weight excluding hydrogens is 400 g/mol. The van der Waals surface area contributed by atoms with Gasteiger partial charge in [0.15, 0.2) is 0 Å². The minimum absolute atomic E-state index is 0.0666. The molecule has 150 valence electrons. The first-order chi connectivity index (χ1) is 12.4. The molecule has 1 rings (SSSR count). The fourth-order valence-corrected chi connectivity index (χ4v) is 4.53. The average molecular weight is 421 g/mol. The zero-order valence-electron chi connectivity index (χ0n) is 14.0. The molecule has 4 atom stereocenters. The third-order valence-electron chi connectivity index (χ3n) is 3.74. The van der Waals surface area contributed by atoms with Crippen LogP contribution in [0.4, 0.5) is 0 Å². The quantitative estimate of drug-likeness (QED) is 0.235. The normalized spacial score (nSPS) is 17.0. The first kappa shape index (κ1) is 23.4. The molecule has 0 aliphatic carbocycles. The summed E-state index contributed by atoms with van der Waals surface area (Å²) in [5.41, 5.74) is 0.0666. The van der Waals surface area contributed by atoms with Gasteiger partial charge in [-0.1, -0.05) is 42.5 Å². The van der Waals surface area contributed by atoms with Gasteiger partial charge >= 0.3 is 21.2 Å². The number of hydrogen-bond acceptors (Lipinski definition) is 5. The number of hydrogen-bond donors (Lipinski definition) is 6. The third-order valence-corrected chi connectivity index (χ3v) is 6.07. The standard InChI is InChI=1S/C15H21NO9P2/c1-3-11(26(20,21)22)16(12(4-2)27(23,24)25)13(15(18)19)14(17)10-8-6-5-7-9-10/h3-9,11-14,17H,1-2H2,(H,18,19)(H2,20,21,22)(H2,23,24,25)/t11?,12?,13-,14?/m0/s1. The number of carbonyl (C=O) groups is 1. The summed E-state index contributed by atoms with van der Waals surface area (Å²) >= 11 is 0. The second-order valence-corrected chi connectivity index (χ2v) is 8.98. The predicted octanol–water partition coefficient (Wildman–Crippen LogP) is 0.855. The molecule has 0 amide bonds. The molecule has 0 saturated carbocycles. The van der Waals surface area contributed by atoms with Crippen LogP contribution in [0.1, 0.15) is 11.7 Å². The summed E-state index contributed by atoms with van der Waals surface area (Å²) in [6.07, 6.45) is -0.534. The van der Waals surface area contributed by atoms with E-state index >= 15 is 0 Å². The monoisotopic (exact) mass is 421 g/mol. The lowest BCUT2D eigenvalue weighted by Gasteiger charge is -2.40. The van der Waals surface area contributed by atoms with Crippen LogP contribution in [0.2, 0.25) is 0 Å². The lowest BCUT2D eigenvalue weighted by atomic mass is 10.0. The lowest BCUT2D eigenvalue weighted by molar-refractivity contribution is -0.148. The first-order valence-electron chi connectivity index (χ1n) is 7.45. The molecule has 3 unspecified atom stereocenters. The minimum atomic E-state index is -5.15. The molecule has 0 saturated heterocycles. The first-order valence-corrected chi connectivity index (χ1v) is 10.8. The SMILES string of the molecule is C=CC(N(C(C=C)P(=O)(O)O)[C@H](C(=O)O)C(O)c1ccccc1)P(=O)(O)O. The molecule has 0 fully saturated rings. The van der Waals surface area contributed by atoms with Crippen molar-refractivity contribution in [1.29, 1.82) is 0 Å². The molecule has 6 N–H and O–H groups in total. The van der Waals surface area contributed by atoms with Gasteiger partial charge in [0.05, 0.1) is 0 Å². The summed E-state index contributed by atoms with van der Waals surface area (Å²) in [6.45, 7) is 6.45. The Morgan fingerprint density at radius 2 is 1.37 bits per heavy atom. The van der Waals surface area contributed by atoms with Gasteiger partial charge in [0.1, 0.15) is 23.7 Å². The zero-order valence-corrected chi connectivity index (χ0v) is 15.8. The van der Waals surface area contributed by atoms with Gasteiger partial charge in [0.25, 0.3) is 0 Å². The highest BCUT2D eigenvalue weighted by Crippen LogP contribution is 2.52. The van der Waals surface area contributed by atoms with Crippen LogP contribution in [0.15, 0.2) is 55.6 Å². The summed E-state index contributed by atoms with van der Waals surface area (Å²) in [5, 5.41) is 20.2. The van der Waals surface area contributed by atoms with E-state index in [2.05, 4.69) is 13.2 Å². The van der Waals surface area contributed by atoms with Crippen molar-refractivity contribution in [2.24, 2.45) is 0 Å². The van der Waals surface area contributed by atoms with Crippen molar-refractivity contribution in [3.8, 4) is 0 Å². The number of aliphatic carboxylic acids is 1. The average Bonchev–Trinajstić information content (AvgIpc) is 2.53. The Bertz CT molecular complexity index is 739. The van der Waals surface area contributed by atoms with Gasteiger partial charge in [-0.15, -0.1) is 13.2 Å². The Balaban J connectivity index is 3.68. The van der Waals surface area contributed by atoms with E-state index in [-0.39, 0.29) is 5.56 Å². The Morgan fingerprint density at radius 1 is 0.963 bits per heavy atom. The van der Waals surface area contributed by atoms with Crippen molar-refractivity contribution < 1.29 is 43.7 Å². The number of carboxylic acids is 1. The Hall–Kier alpha value is -1.61. The van der Waals surface area contributed by atoms with Crippen molar-refractivity contribution in [2.75, 3.05) is 0 Å². The van der Waals surface area contributed by atoms with Crippen LogP contribution in [0.5, 0.6) is 0 Å². The van der Waals surface area contributed by atoms with E-state index in [9.17, 15) is 43.7 Å². The molecule has 1 aromatic rings. The van der Waals surface area contributed by atoms with Gasteiger partial charge in [0, 0.05) is 0 Å². The molecule has 27 heavy (non-hydrogen) atoms. The van der Waals surface area contributed by atoms with E-state index in [0.717, 1.165) is 0 Å². The van der Waals surface area contributed by atoms with Gasteiger partial charge in [-0.3, -0.25) is 18.8 Å². The highest BCUT2D eigenvalue weighted by molar-refractivity contribution is 7.53. The zero-order chi connectivity index (χ0) is 21.0. The van der Waals surface area contributed by atoms with Crippen LogP contribution in [-0.2, 0) is 13.9 Å². The Morgan fingerprint density at radius 3 is 1.67 bits per heavy atom. The fraction of sp³-hybridized carbons (Fsp3) is 0.267. The highest BCUT2D eigenvalue weighted by Gasteiger charge is 2.49. The second-order valence-electron chi connectivity index (χ2n) is 5.56. The molecule has 12 heteroatoms. The second kappa shape index (κ2) is 9.05. The number of carboxylic acid groups (broad SMARTS) is 1. The molecule has 0 radical (unpaired) electrons. The predicted molar refractivity (Wildman–Crippen MR) is 96.7 cm³/mol. The van der Waals surface area contributed by atoms with Gasteiger partial charge in [-0.05, 0) is 5.56 Å². The van der Waals surface area contributed by atoms with Gasteiger partial charge in [-0.25, -0.2) is 0 Å². The van der Waals surface area contributed by atoms with Crippen LogP contribution in [0.25, 0.3) is 0 Å². The van der Waals surface area contributed by atoms with E-state index < -0.39 is 44.9 Å². The van der Waals surface area contributed by atoms with Gasteiger partial charge < -0.3 is 29.8 Å². The minimum Gasteiger partial charge on any atom is -0.480 e. The van der Waals surface area contributed by atoms with Gasteiger partial charge in [0.2, 0.25) is 0 Å². The van der Waals surface area contributed by atoms with E-state index in [1.165, 1.54) is 24.3 Å². The summed E-state index contributed by atoms with van der Waals surface area (Å²) in [5.74, 6) is -5.97. The maximum absolute atomic E-state index is 11.9. The summed E-state index contributed by atoms with van der Waals surface area (Å²) in [4.78, 5) is 50.5. The molecule has 0 bridgehead atoms. The smallest absolute Gasteiger partial charge is 0.346 e. The Kier molecular flexibility index (Phi) is 7.86. The number of aliphatic hydroxyl groups excluding tert-OH is 1. The maximum atomic E-state index is 11.9. The maximum Gasteiger partial charge on any atom is 0.346 e. The van der Waals surface area contributed by atoms with Crippen LogP contribution in [0, 0.1) is 0 Å². The highest BCUT2D eigenvalue weighted by atomic mass is 31.2. The summed E-state index contributed by atoms with van der Waals surface area (Å²) in [7, 11) is -10.3. The largest absolute Gasteiger partial charge is 0.480 e. The van der Waals surface area contributed by atoms with Gasteiger partial charge in [-0.2, -0.15) is 0 Å². The fourth-order valence-electron chi connectivity index (χ4n) is 2.61. The van der Waals surface area contributed by atoms with Crippen LogP contribution in [0.3, 0.4) is 0 Å². The topological polar surface area (TPSA) is 176 Å². The van der Waals surface area contributed by atoms with Crippen LogP contribution < -0.4 is 0 Å². The van der Waals surface area contributed by atoms with Crippen molar-refractivity contribution in [1.82, 2.24) is 4.90 Å². The lowest BCUT2D eigenvalue weighted by Crippen LogP contribution is -2.54. The third kappa shape index (κ3) is 5.68. The molecular formula is C15H21NO9P2. The molecule has 10 nitrogen and oxygen atoms in total. The molecule has 0 aliphatic heterocycles. The summed E-state index contributed by atoms with van der Waals surface area (Å²) in [6, 6.07) is 5.17. The van der Waals surface area contributed by atoms with Crippen molar-refractivity contribution in [3.63, 3.8) is 0 Å². The number of benzene rings is 1. The summed E-state index contributed by atoms with van der Waals surface area (Å²) < 4.78 is 23.7. The molecule has 0 spiro atoms. The van der Waals surface area contributed by atoms with Crippen molar-refractivity contribution in [3.05, 3.63) is 61.2 Å². The molecule has 0 aromatic heterocycles. The van der Waals surface area contributed by atoms with E-state index in [1.54, 1.807) is 6.07 Å². The number of aliphatic hydroxyl groups is 1. The van der Waals surface area contributed by atoms with E-state index in [4.69, 9.17) is 0 Å². The molecule has 0 heterocycles. The molecule has 0 aliphatic rings. The number of rotatable bonds is 10. The van der Waals surface area contributed by atoms with Crippen molar-refractivity contribution in [2.45, 2.75) is 23.7 Å². The Labute approximate surface area is 155 Å². The number of nitrogens with zero attached hydrogens (tertiary/aromatic N) is 1. The molecule has 1 aromatic carbocycles. The van der Waals surface area contributed by atoms with E-state index in [0.29, 0.717) is 17.1 Å². The van der Waals surface area contributed by atoms with Crippen molar-refractivity contribution >= 4 is 21.2 Å².